The van der Waals surface area contributed by atoms with Gasteiger partial charge in [0.25, 0.3) is 0 Å². The second kappa shape index (κ2) is 12.8. The Morgan fingerprint density at radius 3 is 1.87 bits per heavy atom. The molecule has 0 spiro atoms. The van der Waals surface area contributed by atoms with Gasteiger partial charge in [-0.2, -0.15) is 0 Å². The topological polar surface area (TPSA) is 21.1 Å². The van der Waals surface area contributed by atoms with Crippen molar-refractivity contribution in [2.75, 3.05) is 4.90 Å². The highest BCUT2D eigenvalue weighted by molar-refractivity contribution is 7.22. The summed E-state index contributed by atoms with van der Waals surface area (Å²) >= 11 is 1.77. The highest BCUT2D eigenvalue weighted by Crippen LogP contribution is 2.46. The molecule has 0 atom stereocenters. The molecule has 0 aliphatic heterocycles. The molecule has 0 aliphatic carbocycles. The predicted octanol–water partition coefficient (Wildman–Crippen LogP) is 14.5. The maximum atomic E-state index is 5.05. The van der Waals surface area contributed by atoms with Crippen LogP contribution in [0.4, 0.5) is 17.1 Å². The van der Waals surface area contributed by atoms with Crippen LogP contribution in [0.15, 0.2) is 200 Å². The van der Waals surface area contributed by atoms with Crippen LogP contribution in [0.5, 0.6) is 0 Å². The highest BCUT2D eigenvalue weighted by Gasteiger charge is 2.22. The summed E-state index contributed by atoms with van der Waals surface area (Å²) < 4.78 is 3.61. The quantitative estimate of drug-likeness (QED) is 0.160. The number of fused-ring (bicyclic) bond motifs is 8. The van der Waals surface area contributed by atoms with E-state index in [-0.39, 0.29) is 0 Å². The summed E-state index contributed by atoms with van der Waals surface area (Å²) in [7, 11) is 0. The number of thiazole rings is 1. The molecular formula is C51H33N3S. The molecule has 11 aromatic rings. The first-order chi connectivity index (χ1) is 27.3. The number of nitrogens with zero attached hydrogens (tertiary/aromatic N) is 3. The number of hydrogen-bond donors (Lipinski definition) is 0. The van der Waals surface area contributed by atoms with E-state index in [9.17, 15) is 0 Å². The maximum Gasteiger partial charge on any atom is 0.124 e. The molecule has 0 saturated heterocycles. The number of anilines is 3. The second-order valence-electron chi connectivity index (χ2n) is 14.0. The van der Waals surface area contributed by atoms with Crippen LogP contribution in [0.2, 0.25) is 0 Å². The molecule has 258 valence electrons. The second-order valence-corrected chi connectivity index (χ2v) is 15.0. The van der Waals surface area contributed by atoms with Crippen LogP contribution in [0.1, 0.15) is 0 Å². The molecule has 0 unspecified atom stereocenters. The molecule has 2 aromatic heterocycles. The van der Waals surface area contributed by atoms with Crippen molar-refractivity contribution in [2.24, 2.45) is 0 Å². The van der Waals surface area contributed by atoms with Gasteiger partial charge in [0.05, 0.1) is 26.9 Å². The number of rotatable bonds is 6. The lowest BCUT2D eigenvalue weighted by Gasteiger charge is -2.27. The lowest BCUT2D eigenvalue weighted by Crippen LogP contribution is -2.10. The molecule has 3 nitrogen and oxygen atoms in total. The summed E-state index contributed by atoms with van der Waals surface area (Å²) in [6.07, 6.45) is 0. The average molecular weight is 720 g/mol. The normalized spacial score (nSPS) is 11.6. The first-order valence-corrected chi connectivity index (χ1v) is 19.4. The van der Waals surface area contributed by atoms with Gasteiger partial charge in [-0.25, -0.2) is 4.98 Å². The molecule has 0 fully saturated rings. The third-order valence-electron chi connectivity index (χ3n) is 10.8. The molecule has 0 saturated carbocycles. The molecule has 2 heterocycles. The van der Waals surface area contributed by atoms with Gasteiger partial charge in [0.2, 0.25) is 0 Å². The molecular weight excluding hydrogens is 687 g/mol. The van der Waals surface area contributed by atoms with Gasteiger partial charge in [0.1, 0.15) is 5.01 Å². The molecule has 0 amide bonds. The number of para-hydroxylation sites is 2. The van der Waals surface area contributed by atoms with Gasteiger partial charge >= 0.3 is 0 Å². The van der Waals surface area contributed by atoms with Crippen LogP contribution < -0.4 is 4.90 Å². The first kappa shape index (κ1) is 31.5. The number of benzene rings is 9. The van der Waals surface area contributed by atoms with E-state index in [1.165, 1.54) is 59.2 Å². The van der Waals surface area contributed by atoms with E-state index in [1.807, 2.05) is 0 Å². The van der Waals surface area contributed by atoms with Gasteiger partial charge in [-0.05, 0) is 87.9 Å². The Labute approximate surface area is 322 Å². The average Bonchev–Trinajstić information content (AvgIpc) is 3.85. The van der Waals surface area contributed by atoms with E-state index in [4.69, 9.17) is 4.98 Å². The van der Waals surface area contributed by atoms with Crippen molar-refractivity contribution < 1.29 is 0 Å². The Bertz CT molecular complexity index is 3180. The van der Waals surface area contributed by atoms with Crippen molar-refractivity contribution in [1.82, 2.24) is 9.55 Å². The summed E-state index contributed by atoms with van der Waals surface area (Å²) in [5.41, 5.74) is 11.4. The Kier molecular flexibility index (Phi) is 7.35. The zero-order valence-corrected chi connectivity index (χ0v) is 30.6. The molecule has 0 radical (unpaired) electrons. The predicted molar refractivity (Wildman–Crippen MR) is 235 cm³/mol. The Balaban J connectivity index is 1.15. The molecule has 0 bridgehead atoms. The van der Waals surface area contributed by atoms with Gasteiger partial charge in [0.15, 0.2) is 0 Å². The van der Waals surface area contributed by atoms with Crippen LogP contribution >= 0.6 is 11.3 Å². The SMILES string of the molecule is c1ccc(-c2ccc(N(c3ccc4ccc5c(ccc6nc(-c7ccccc7)sc65)c4c3)c3cccc4c3c3ccccc3n4-c3ccccc3)cc2)cc1. The minimum Gasteiger partial charge on any atom is -0.310 e. The van der Waals surface area contributed by atoms with E-state index in [2.05, 4.69) is 210 Å². The Morgan fingerprint density at radius 1 is 0.436 bits per heavy atom. The van der Waals surface area contributed by atoms with Gasteiger partial charge < -0.3 is 9.47 Å². The monoisotopic (exact) mass is 719 g/mol. The van der Waals surface area contributed by atoms with Gasteiger partial charge in [-0.3, -0.25) is 0 Å². The van der Waals surface area contributed by atoms with Crippen LogP contribution in [-0.2, 0) is 0 Å². The Hall–Kier alpha value is -7.01. The maximum absolute atomic E-state index is 5.05. The fourth-order valence-electron chi connectivity index (χ4n) is 8.25. The van der Waals surface area contributed by atoms with E-state index in [0.717, 1.165) is 38.8 Å². The van der Waals surface area contributed by atoms with E-state index >= 15 is 0 Å². The van der Waals surface area contributed by atoms with Gasteiger partial charge in [-0.1, -0.05) is 140 Å². The summed E-state index contributed by atoms with van der Waals surface area (Å²) in [5, 5.41) is 8.37. The third kappa shape index (κ3) is 5.22. The van der Waals surface area contributed by atoms with Gasteiger partial charge in [-0.15, -0.1) is 11.3 Å². The van der Waals surface area contributed by atoms with Crippen LogP contribution in [0.25, 0.3) is 81.0 Å². The first-order valence-electron chi connectivity index (χ1n) is 18.6. The minimum absolute atomic E-state index is 1.04. The highest BCUT2D eigenvalue weighted by atomic mass is 32.1. The lowest BCUT2D eigenvalue weighted by molar-refractivity contribution is 1.18. The molecule has 0 N–H and O–H groups in total. The standard InChI is InChI=1S/C51H33N3S/c1-4-13-34(14-5-1)35-23-27-39(28-24-35)53(47-21-12-22-48-49(47)43-19-10-11-20-46(43)54(48)38-17-8-3-9-18-38)40-29-25-36-26-30-42-41(44(36)33-40)31-32-45-50(42)55-51(52-45)37-15-6-2-7-16-37/h1-33H. The van der Waals surface area contributed by atoms with Crippen LogP contribution in [0.3, 0.4) is 0 Å². The van der Waals surface area contributed by atoms with Crippen molar-refractivity contribution in [3.8, 4) is 27.4 Å². The molecule has 55 heavy (non-hydrogen) atoms. The van der Waals surface area contributed by atoms with Gasteiger partial charge in [0, 0.05) is 38.8 Å². The summed E-state index contributed by atoms with van der Waals surface area (Å²) in [6.45, 7) is 0. The zero-order valence-electron chi connectivity index (χ0n) is 29.8. The van der Waals surface area contributed by atoms with Crippen molar-refractivity contribution in [1.29, 1.82) is 0 Å². The van der Waals surface area contributed by atoms with Crippen molar-refractivity contribution in [3.05, 3.63) is 200 Å². The molecule has 4 heteroatoms. The van der Waals surface area contributed by atoms with Crippen molar-refractivity contribution in [3.63, 3.8) is 0 Å². The summed E-state index contributed by atoms with van der Waals surface area (Å²) in [6, 6.07) is 72.2. The molecule has 0 aliphatic rings. The number of hydrogen-bond acceptors (Lipinski definition) is 3. The zero-order chi connectivity index (χ0) is 36.3. The van der Waals surface area contributed by atoms with Crippen LogP contribution in [0, 0.1) is 0 Å². The largest absolute Gasteiger partial charge is 0.310 e. The fraction of sp³-hybridized carbons (Fsp3) is 0. The van der Waals surface area contributed by atoms with Crippen LogP contribution in [-0.4, -0.2) is 9.55 Å². The summed E-state index contributed by atoms with van der Waals surface area (Å²) in [4.78, 5) is 7.49. The van der Waals surface area contributed by atoms with E-state index in [1.54, 1.807) is 11.3 Å². The van der Waals surface area contributed by atoms with Crippen molar-refractivity contribution >= 4 is 82.0 Å². The van der Waals surface area contributed by atoms with E-state index in [0.29, 0.717) is 0 Å². The number of aromatic nitrogens is 2. The third-order valence-corrected chi connectivity index (χ3v) is 11.9. The van der Waals surface area contributed by atoms with E-state index < -0.39 is 0 Å². The lowest BCUT2D eigenvalue weighted by atomic mass is 10.00. The summed E-state index contributed by atoms with van der Waals surface area (Å²) in [5.74, 6) is 0. The minimum atomic E-state index is 1.04. The molecule has 11 rings (SSSR count). The molecule has 9 aromatic carbocycles. The smallest absolute Gasteiger partial charge is 0.124 e. The Morgan fingerprint density at radius 2 is 1.07 bits per heavy atom. The fourth-order valence-corrected chi connectivity index (χ4v) is 9.35. The van der Waals surface area contributed by atoms with Crippen molar-refractivity contribution in [2.45, 2.75) is 0 Å².